The summed E-state index contributed by atoms with van der Waals surface area (Å²) in [6.45, 7) is 5.35. The molecule has 0 aliphatic rings. The summed E-state index contributed by atoms with van der Waals surface area (Å²) >= 11 is 0. The number of benzene rings is 1. The monoisotopic (exact) mass is 298 g/mol. The van der Waals surface area contributed by atoms with Crippen LogP contribution in [0, 0.1) is 0 Å². The molecule has 0 unspecified atom stereocenters. The maximum Gasteiger partial charge on any atom is 0.211 e. The van der Waals surface area contributed by atoms with Gasteiger partial charge in [-0.05, 0) is 31.4 Å². The summed E-state index contributed by atoms with van der Waals surface area (Å²) in [6.07, 6.45) is 2.37. The molecular formula is C15H26N2O2S. The molecule has 0 aromatic heterocycles. The molecule has 0 saturated heterocycles. The topological polar surface area (TPSA) is 58.2 Å². The summed E-state index contributed by atoms with van der Waals surface area (Å²) < 4.78 is 26.2. The molecule has 4 nitrogen and oxygen atoms in total. The SMILES string of the molecule is CC(C)NCCCS(=O)(=O)NCCCc1ccccc1. The molecule has 0 fully saturated rings. The summed E-state index contributed by atoms with van der Waals surface area (Å²) in [5, 5.41) is 3.21. The van der Waals surface area contributed by atoms with E-state index in [4.69, 9.17) is 0 Å². The van der Waals surface area contributed by atoms with Crippen molar-refractivity contribution in [2.24, 2.45) is 0 Å². The van der Waals surface area contributed by atoms with E-state index in [0.717, 1.165) is 19.4 Å². The van der Waals surface area contributed by atoms with Crippen LogP contribution in [0.5, 0.6) is 0 Å². The van der Waals surface area contributed by atoms with Crippen molar-refractivity contribution in [1.82, 2.24) is 10.0 Å². The van der Waals surface area contributed by atoms with E-state index in [2.05, 4.69) is 36.0 Å². The number of rotatable bonds is 10. The highest BCUT2D eigenvalue weighted by Crippen LogP contribution is 2.01. The quantitative estimate of drug-likeness (QED) is 0.649. The molecule has 1 aromatic rings. The molecule has 0 spiro atoms. The standard InChI is InChI=1S/C15H26N2O2S/c1-14(2)16-11-7-13-20(18,19)17-12-6-10-15-8-4-3-5-9-15/h3-5,8-9,14,16-17H,6-7,10-13H2,1-2H3. The zero-order valence-electron chi connectivity index (χ0n) is 12.4. The van der Waals surface area contributed by atoms with Crippen LogP contribution in [0.15, 0.2) is 30.3 Å². The van der Waals surface area contributed by atoms with Gasteiger partial charge in [0.2, 0.25) is 10.0 Å². The van der Waals surface area contributed by atoms with Crippen molar-refractivity contribution in [2.75, 3.05) is 18.8 Å². The average molecular weight is 298 g/mol. The van der Waals surface area contributed by atoms with E-state index in [1.165, 1.54) is 5.56 Å². The zero-order chi connectivity index (χ0) is 14.8. The molecule has 0 saturated carbocycles. The van der Waals surface area contributed by atoms with Gasteiger partial charge in [0.1, 0.15) is 0 Å². The lowest BCUT2D eigenvalue weighted by molar-refractivity contribution is 0.559. The van der Waals surface area contributed by atoms with Crippen LogP contribution in [0.2, 0.25) is 0 Å². The van der Waals surface area contributed by atoms with E-state index in [0.29, 0.717) is 19.0 Å². The Labute approximate surface area is 123 Å². The Morgan fingerprint density at radius 2 is 1.75 bits per heavy atom. The average Bonchev–Trinajstić information content (AvgIpc) is 2.41. The van der Waals surface area contributed by atoms with Gasteiger partial charge in [0, 0.05) is 12.6 Å². The first-order valence-electron chi connectivity index (χ1n) is 7.24. The Morgan fingerprint density at radius 1 is 1.05 bits per heavy atom. The lowest BCUT2D eigenvalue weighted by Crippen LogP contribution is -2.30. The van der Waals surface area contributed by atoms with Crippen molar-refractivity contribution >= 4 is 10.0 Å². The van der Waals surface area contributed by atoms with Gasteiger partial charge in [-0.3, -0.25) is 0 Å². The first-order valence-corrected chi connectivity index (χ1v) is 8.89. The summed E-state index contributed by atoms with van der Waals surface area (Å²) in [6, 6.07) is 10.5. The Morgan fingerprint density at radius 3 is 2.40 bits per heavy atom. The minimum absolute atomic E-state index is 0.193. The highest BCUT2D eigenvalue weighted by atomic mass is 32.2. The van der Waals surface area contributed by atoms with E-state index < -0.39 is 10.0 Å². The van der Waals surface area contributed by atoms with E-state index >= 15 is 0 Å². The van der Waals surface area contributed by atoms with Crippen LogP contribution in [0.3, 0.4) is 0 Å². The van der Waals surface area contributed by atoms with Crippen LogP contribution < -0.4 is 10.0 Å². The number of aryl methyl sites for hydroxylation is 1. The second kappa shape index (κ2) is 9.10. The number of sulfonamides is 1. The number of nitrogens with one attached hydrogen (secondary N) is 2. The fourth-order valence-electron chi connectivity index (χ4n) is 1.89. The molecule has 114 valence electrons. The van der Waals surface area contributed by atoms with Crippen molar-refractivity contribution in [3.05, 3.63) is 35.9 Å². The van der Waals surface area contributed by atoms with Gasteiger partial charge in [0.25, 0.3) is 0 Å². The van der Waals surface area contributed by atoms with Crippen molar-refractivity contribution in [3.63, 3.8) is 0 Å². The third kappa shape index (κ3) is 8.30. The molecule has 0 aliphatic carbocycles. The van der Waals surface area contributed by atoms with Gasteiger partial charge in [0.05, 0.1) is 5.75 Å². The van der Waals surface area contributed by atoms with E-state index in [-0.39, 0.29) is 5.75 Å². The van der Waals surface area contributed by atoms with Gasteiger partial charge in [0.15, 0.2) is 0 Å². The largest absolute Gasteiger partial charge is 0.314 e. The predicted molar refractivity (Wildman–Crippen MR) is 84.3 cm³/mol. The smallest absolute Gasteiger partial charge is 0.211 e. The van der Waals surface area contributed by atoms with Gasteiger partial charge in [-0.15, -0.1) is 0 Å². The second-order valence-electron chi connectivity index (χ2n) is 5.26. The fraction of sp³-hybridized carbons (Fsp3) is 0.600. The van der Waals surface area contributed by atoms with Crippen molar-refractivity contribution in [3.8, 4) is 0 Å². The molecule has 1 aromatic carbocycles. The molecule has 2 N–H and O–H groups in total. The Balaban J connectivity index is 2.13. The van der Waals surface area contributed by atoms with Gasteiger partial charge < -0.3 is 5.32 Å². The van der Waals surface area contributed by atoms with Gasteiger partial charge in [-0.1, -0.05) is 44.2 Å². The van der Waals surface area contributed by atoms with Crippen LogP contribution in [-0.2, 0) is 16.4 Å². The molecule has 1 rings (SSSR count). The normalized spacial score (nSPS) is 11.9. The maximum atomic E-state index is 11.7. The minimum atomic E-state index is -3.12. The Hall–Kier alpha value is -0.910. The summed E-state index contributed by atoms with van der Waals surface area (Å²) in [4.78, 5) is 0. The van der Waals surface area contributed by atoms with Crippen LogP contribution in [-0.4, -0.2) is 33.3 Å². The van der Waals surface area contributed by atoms with Gasteiger partial charge >= 0.3 is 0 Å². The Kier molecular flexibility index (Phi) is 7.80. The Bertz CT molecular complexity index is 458. The molecule has 0 amide bonds. The molecule has 20 heavy (non-hydrogen) atoms. The fourth-order valence-corrected chi connectivity index (χ4v) is 3.01. The summed E-state index contributed by atoms with van der Waals surface area (Å²) in [5.74, 6) is 0.193. The molecule has 0 aliphatic heterocycles. The first kappa shape index (κ1) is 17.1. The van der Waals surface area contributed by atoms with Crippen molar-refractivity contribution in [2.45, 2.75) is 39.2 Å². The molecule has 0 radical (unpaired) electrons. The van der Waals surface area contributed by atoms with Crippen LogP contribution >= 0.6 is 0 Å². The molecule has 0 bridgehead atoms. The third-order valence-electron chi connectivity index (χ3n) is 2.95. The number of hydrogen-bond donors (Lipinski definition) is 2. The highest BCUT2D eigenvalue weighted by Gasteiger charge is 2.08. The molecular weight excluding hydrogens is 272 g/mol. The van der Waals surface area contributed by atoms with Crippen molar-refractivity contribution < 1.29 is 8.42 Å². The van der Waals surface area contributed by atoms with Crippen LogP contribution in [0.4, 0.5) is 0 Å². The molecule has 0 heterocycles. The highest BCUT2D eigenvalue weighted by molar-refractivity contribution is 7.89. The molecule has 5 heteroatoms. The zero-order valence-corrected chi connectivity index (χ0v) is 13.2. The van der Waals surface area contributed by atoms with Gasteiger partial charge in [-0.2, -0.15) is 0 Å². The summed E-state index contributed by atoms with van der Waals surface area (Å²) in [7, 11) is -3.12. The molecule has 0 atom stereocenters. The summed E-state index contributed by atoms with van der Waals surface area (Å²) in [5.41, 5.74) is 1.24. The van der Waals surface area contributed by atoms with E-state index in [1.807, 2.05) is 18.2 Å². The van der Waals surface area contributed by atoms with Crippen LogP contribution in [0.25, 0.3) is 0 Å². The van der Waals surface area contributed by atoms with Crippen molar-refractivity contribution in [1.29, 1.82) is 0 Å². The lowest BCUT2D eigenvalue weighted by atomic mass is 10.1. The third-order valence-corrected chi connectivity index (χ3v) is 4.42. The predicted octanol–water partition coefficient (Wildman–Crippen LogP) is 1.93. The number of hydrogen-bond acceptors (Lipinski definition) is 3. The van der Waals surface area contributed by atoms with E-state index in [1.54, 1.807) is 0 Å². The second-order valence-corrected chi connectivity index (χ2v) is 7.19. The lowest BCUT2D eigenvalue weighted by Gasteiger charge is -2.09. The van der Waals surface area contributed by atoms with Crippen LogP contribution in [0.1, 0.15) is 32.3 Å². The maximum absolute atomic E-state index is 11.7. The van der Waals surface area contributed by atoms with Gasteiger partial charge in [-0.25, -0.2) is 13.1 Å². The van der Waals surface area contributed by atoms with E-state index in [9.17, 15) is 8.42 Å². The first-order chi connectivity index (χ1) is 9.49. The minimum Gasteiger partial charge on any atom is -0.314 e.